The second-order valence-corrected chi connectivity index (χ2v) is 6.40. The molecule has 2 aromatic rings. The molecular formula is C20H22FN3O2. The van der Waals surface area contributed by atoms with Gasteiger partial charge < -0.3 is 16.0 Å². The van der Waals surface area contributed by atoms with Crippen LogP contribution in [0.2, 0.25) is 0 Å². The van der Waals surface area contributed by atoms with E-state index >= 15 is 0 Å². The largest absolute Gasteiger partial charge is 0.348 e. The molecule has 26 heavy (non-hydrogen) atoms. The molecule has 0 aromatic heterocycles. The van der Waals surface area contributed by atoms with E-state index in [0.717, 1.165) is 31.5 Å². The molecular weight excluding hydrogens is 333 g/mol. The maximum absolute atomic E-state index is 12.9. The number of carbonyl (C=O) groups excluding carboxylic acids is 2. The zero-order valence-corrected chi connectivity index (χ0v) is 14.4. The lowest BCUT2D eigenvalue weighted by Crippen LogP contribution is -2.34. The Balaban J connectivity index is 1.52. The first-order chi connectivity index (χ1) is 12.6. The van der Waals surface area contributed by atoms with E-state index in [1.807, 2.05) is 0 Å². The van der Waals surface area contributed by atoms with Crippen molar-refractivity contribution < 1.29 is 14.0 Å². The van der Waals surface area contributed by atoms with E-state index in [1.54, 1.807) is 36.4 Å². The number of anilines is 1. The summed E-state index contributed by atoms with van der Waals surface area (Å²) in [5, 5.41) is 8.93. The van der Waals surface area contributed by atoms with Gasteiger partial charge in [-0.2, -0.15) is 0 Å². The maximum atomic E-state index is 12.9. The van der Waals surface area contributed by atoms with Gasteiger partial charge in [-0.15, -0.1) is 0 Å². The summed E-state index contributed by atoms with van der Waals surface area (Å²) in [6.45, 7) is 2.06. The molecule has 5 nitrogen and oxygen atoms in total. The van der Waals surface area contributed by atoms with E-state index in [0.29, 0.717) is 17.8 Å². The monoisotopic (exact) mass is 355 g/mol. The second-order valence-electron chi connectivity index (χ2n) is 6.40. The van der Waals surface area contributed by atoms with Gasteiger partial charge >= 0.3 is 0 Å². The molecule has 0 saturated carbocycles. The predicted molar refractivity (Wildman–Crippen MR) is 98.2 cm³/mol. The first kappa shape index (κ1) is 18.1. The molecule has 2 aromatic carbocycles. The Bertz CT molecular complexity index is 754. The molecule has 6 heteroatoms. The average molecular weight is 355 g/mol. The van der Waals surface area contributed by atoms with E-state index in [2.05, 4.69) is 16.0 Å². The van der Waals surface area contributed by atoms with Crippen LogP contribution in [0.3, 0.4) is 0 Å². The fourth-order valence-electron chi connectivity index (χ4n) is 2.92. The van der Waals surface area contributed by atoms with Crippen LogP contribution < -0.4 is 16.0 Å². The molecule has 1 aliphatic heterocycles. The van der Waals surface area contributed by atoms with Crippen molar-refractivity contribution in [3.63, 3.8) is 0 Å². The summed E-state index contributed by atoms with van der Waals surface area (Å²) in [4.78, 5) is 24.4. The molecule has 0 atom stereocenters. The van der Waals surface area contributed by atoms with E-state index in [1.165, 1.54) is 12.1 Å². The second kappa shape index (κ2) is 8.58. The summed E-state index contributed by atoms with van der Waals surface area (Å²) in [5.74, 6) is -0.456. The van der Waals surface area contributed by atoms with Gasteiger partial charge in [0.2, 0.25) is 5.91 Å². The van der Waals surface area contributed by atoms with Crippen LogP contribution in [0.1, 0.15) is 28.8 Å². The number of piperidine rings is 1. The van der Waals surface area contributed by atoms with E-state index < -0.39 is 0 Å². The number of amides is 2. The maximum Gasteiger partial charge on any atom is 0.251 e. The smallest absolute Gasteiger partial charge is 0.251 e. The molecule has 0 unspecified atom stereocenters. The summed E-state index contributed by atoms with van der Waals surface area (Å²) in [7, 11) is 0. The third-order valence-electron chi connectivity index (χ3n) is 4.49. The van der Waals surface area contributed by atoms with Crippen LogP contribution >= 0.6 is 0 Å². The first-order valence-electron chi connectivity index (χ1n) is 8.76. The van der Waals surface area contributed by atoms with Crippen molar-refractivity contribution in [2.45, 2.75) is 19.4 Å². The van der Waals surface area contributed by atoms with Crippen molar-refractivity contribution in [1.29, 1.82) is 0 Å². The quantitative estimate of drug-likeness (QED) is 0.772. The van der Waals surface area contributed by atoms with Crippen LogP contribution in [0.4, 0.5) is 10.1 Å². The Morgan fingerprint density at radius 2 is 1.65 bits per heavy atom. The molecule has 136 valence electrons. The number of hydrogen-bond donors (Lipinski definition) is 3. The van der Waals surface area contributed by atoms with Crippen LogP contribution in [0.5, 0.6) is 0 Å². The molecule has 0 radical (unpaired) electrons. The first-order valence-corrected chi connectivity index (χ1v) is 8.76. The summed E-state index contributed by atoms with van der Waals surface area (Å²) >= 11 is 0. The van der Waals surface area contributed by atoms with Crippen molar-refractivity contribution in [2.75, 3.05) is 18.4 Å². The number of carbonyl (C=O) groups is 2. The van der Waals surface area contributed by atoms with Gasteiger partial charge in [0.25, 0.3) is 5.91 Å². The van der Waals surface area contributed by atoms with Crippen LogP contribution in [0.15, 0.2) is 48.5 Å². The molecule has 0 bridgehead atoms. The topological polar surface area (TPSA) is 70.2 Å². The lowest BCUT2D eigenvalue weighted by molar-refractivity contribution is -0.120. The van der Waals surface area contributed by atoms with Crippen molar-refractivity contribution in [3.8, 4) is 0 Å². The molecule has 3 N–H and O–H groups in total. The highest BCUT2D eigenvalue weighted by atomic mass is 19.1. The van der Waals surface area contributed by atoms with Crippen molar-refractivity contribution >= 4 is 17.5 Å². The molecule has 1 aliphatic rings. The van der Waals surface area contributed by atoms with Gasteiger partial charge in [0.15, 0.2) is 0 Å². The lowest BCUT2D eigenvalue weighted by Gasteiger charge is -2.21. The number of hydrogen-bond acceptors (Lipinski definition) is 3. The average Bonchev–Trinajstić information content (AvgIpc) is 2.68. The highest BCUT2D eigenvalue weighted by Crippen LogP contribution is 2.16. The summed E-state index contributed by atoms with van der Waals surface area (Å²) in [5.41, 5.74) is 2.01. The van der Waals surface area contributed by atoms with Crippen LogP contribution in [0, 0.1) is 11.7 Å². The number of rotatable bonds is 5. The highest BCUT2D eigenvalue weighted by molar-refractivity contribution is 5.96. The summed E-state index contributed by atoms with van der Waals surface area (Å²) < 4.78 is 12.9. The number of nitrogens with one attached hydrogen (secondary N) is 3. The molecule has 1 fully saturated rings. The van der Waals surface area contributed by atoms with Gasteiger partial charge in [0.1, 0.15) is 5.82 Å². The Kier molecular flexibility index (Phi) is 5.96. The Hall–Kier alpha value is -2.73. The summed E-state index contributed by atoms with van der Waals surface area (Å²) in [6.07, 6.45) is 1.69. The van der Waals surface area contributed by atoms with Crippen molar-refractivity contribution in [2.24, 2.45) is 5.92 Å². The minimum absolute atomic E-state index is 0.0278. The fourth-order valence-corrected chi connectivity index (χ4v) is 2.92. The highest BCUT2D eigenvalue weighted by Gasteiger charge is 2.20. The Morgan fingerprint density at radius 1 is 1.00 bits per heavy atom. The minimum Gasteiger partial charge on any atom is -0.348 e. The standard InChI is InChI=1S/C20H22FN3O2/c21-17-5-1-14(2-6-17)13-23-19(25)15-3-7-18(8-4-15)24-20(26)16-9-11-22-12-10-16/h1-8,16,22H,9-13H2,(H,23,25)(H,24,26). The molecule has 2 amide bonds. The zero-order valence-electron chi connectivity index (χ0n) is 14.4. The van der Waals surface area contributed by atoms with Crippen LogP contribution in [0.25, 0.3) is 0 Å². The van der Waals surface area contributed by atoms with Gasteiger partial charge in [0, 0.05) is 23.7 Å². The van der Waals surface area contributed by atoms with E-state index in [-0.39, 0.29) is 23.5 Å². The van der Waals surface area contributed by atoms with Crippen LogP contribution in [-0.2, 0) is 11.3 Å². The Morgan fingerprint density at radius 3 is 2.31 bits per heavy atom. The molecule has 3 rings (SSSR count). The SMILES string of the molecule is O=C(NCc1ccc(F)cc1)c1ccc(NC(=O)C2CCNCC2)cc1. The third kappa shape index (κ3) is 4.89. The van der Waals surface area contributed by atoms with Gasteiger partial charge in [-0.25, -0.2) is 4.39 Å². The van der Waals surface area contributed by atoms with Gasteiger partial charge in [-0.1, -0.05) is 12.1 Å². The molecule has 0 spiro atoms. The molecule has 1 saturated heterocycles. The van der Waals surface area contributed by atoms with Crippen LogP contribution in [-0.4, -0.2) is 24.9 Å². The molecule has 1 heterocycles. The van der Waals surface area contributed by atoms with Crippen molar-refractivity contribution in [3.05, 3.63) is 65.5 Å². The third-order valence-corrected chi connectivity index (χ3v) is 4.49. The lowest BCUT2D eigenvalue weighted by atomic mass is 9.97. The fraction of sp³-hybridized carbons (Fsp3) is 0.300. The Labute approximate surface area is 152 Å². The minimum atomic E-state index is -0.304. The normalized spacial score (nSPS) is 14.7. The van der Waals surface area contributed by atoms with E-state index in [4.69, 9.17) is 0 Å². The zero-order chi connectivity index (χ0) is 18.4. The predicted octanol–water partition coefficient (Wildman–Crippen LogP) is 2.69. The van der Waals surface area contributed by atoms with Gasteiger partial charge in [-0.05, 0) is 67.9 Å². The van der Waals surface area contributed by atoms with E-state index in [9.17, 15) is 14.0 Å². The summed E-state index contributed by atoms with van der Waals surface area (Å²) in [6, 6.07) is 12.8. The number of halogens is 1. The number of benzene rings is 2. The van der Waals surface area contributed by atoms with Gasteiger partial charge in [0.05, 0.1) is 0 Å². The van der Waals surface area contributed by atoms with Gasteiger partial charge in [-0.3, -0.25) is 9.59 Å². The van der Waals surface area contributed by atoms with Crippen molar-refractivity contribution in [1.82, 2.24) is 10.6 Å². The molecule has 0 aliphatic carbocycles.